The van der Waals surface area contributed by atoms with Crippen molar-refractivity contribution in [1.82, 2.24) is 9.88 Å². The Hall–Kier alpha value is -0.850. The zero-order valence-electron chi connectivity index (χ0n) is 16.3. The molecule has 0 bridgehead atoms. The van der Waals surface area contributed by atoms with Gasteiger partial charge in [-0.1, -0.05) is 26.1 Å². The number of rotatable bonds is 5. The molecule has 1 saturated heterocycles. The van der Waals surface area contributed by atoms with Crippen molar-refractivity contribution < 1.29 is 9.53 Å². The van der Waals surface area contributed by atoms with Crippen molar-refractivity contribution in [3.63, 3.8) is 0 Å². The Labute approximate surface area is 166 Å². The predicted molar refractivity (Wildman–Crippen MR) is 109 cm³/mol. The molecule has 0 radical (unpaired) electrons. The molecule has 1 amide bonds. The van der Waals surface area contributed by atoms with E-state index in [-0.39, 0.29) is 22.7 Å². The minimum Gasteiger partial charge on any atom is -0.381 e. The van der Waals surface area contributed by atoms with E-state index >= 15 is 0 Å². The van der Waals surface area contributed by atoms with Crippen molar-refractivity contribution in [2.24, 2.45) is 16.7 Å². The highest BCUT2D eigenvalue weighted by molar-refractivity contribution is 7.80. The first-order chi connectivity index (χ1) is 12.4. The number of carbonyl (C=O) groups is 1. The fourth-order valence-corrected chi connectivity index (χ4v) is 6.18. The summed E-state index contributed by atoms with van der Waals surface area (Å²) < 4.78 is 5.59. The molecular weight excluding hydrogens is 364 g/mol. The second-order valence-electron chi connectivity index (χ2n) is 8.09. The molecule has 2 fully saturated rings. The number of piperidine rings is 1. The Kier molecular flexibility index (Phi) is 5.85. The molecule has 144 valence electrons. The molecule has 0 N–H and O–H groups in total. The van der Waals surface area contributed by atoms with Gasteiger partial charge in [0.1, 0.15) is 5.01 Å². The Balaban J connectivity index is 1.92. The van der Waals surface area contributed by atoms with Crippen LogP contribution in [0.25, 0.3) is 0 Å². The molecule has 0 spiro atoms. The highest BCUT2D eigenvalue weighted by Crippen LogP contribution is 2.59. The zero-order chi connectivity index (χ0) is 18.9. The second-order valence-corrected chi connectivity index (χ2v) is 9.54. The van der Waals surface area contributed by atoms with Gasteiger partial charge < -0.3 is 4.74 Å². The summed E-state index contributed by atoms with van der Waals surface area (Å²) in [6, 6.07) is 0. The lowest BCUT2D eigenvalue weighted by Gasteiger charge is -2.57. The molecule has 3 rings (SSSR count). The number of aromatic nitrogens is 1. The third-order valence-corrected chi connectivity index (χ3v) is 8.39. The first-order valence-electron chi connectivity index (χ1n) is 9.64. The van der Waals surface area contributed by atoms with Crippen LogP contribution >= 0.6 is 23.6 Å². The van der Waals surface area contributed by atoms with Crippen LogP contribution < -0.4 is 0 Å². The van der Waals surface area contributed by atoms with E-state index in [1.165, 1.54) is 0 Å². The molecule has 26 heavy (non-hydrogen) atoms. The van der Waals surface area contributed by atoms with Gasteiger partial charge in [-0.15, -0.1) is 11.3 Å². The van der Waals surface area contributed by atoms with Crippen molar-refractivity contribution >= 4 is 34.5 Å². The van der Waals surface area contributed by atoms with Gasteiger partial charge in [-0.2, -0.15) is 0 Å². The van der Waals surface area contributed by atoms with Gasteiger partial charge in [-0.05, 0) is 50.4 Å². The molecule has 2 heterocycles. The Morgan fingerprint density at radius 2 is 2.12 bits per heavy atom. The maximum Gasteiger partial charge on any atom is 0.234 e. The van der Waals surface area contributed by atoms with E-state index in [9.17, 15) is 4.79 Å². The predicted octanol–water partition coefficient (Wildman–Crippen LogP) is 4.83. The molecule has 1 aromatic rings. The summed E-state index contributed by atoms with van der Waals surface area (Å²) in [7, 11) is 1.80. The number of carbonyl (C=O) groups excluding carboxylic acids is 1. The van der Waals surface area contributed by atoms with Crippen LogP contribution in [-0.4, -0.2) is 34.0 Å². The number of nitrogens with zero attached hydrogens (tertiary/aromatic N) is 2. The summed E-state index contributed by atoms with van der Waals surface area (Å²) in [6.07, 6.45) is 8.12. The van der Waals surface area contributed by atoms with Gasteiger partial charge in [-0.3, -0.25) is 9.69 Å². The van der Waals surface area contributed by atoms with E-state index in [2.05, 4.69) is 25.8 Å². The number of hydrogen-bond donors (Lipinski definition) is 0. The summed E-state index contributed by atoms with van der Waals surface area (Å²) in [5.74, 6) is 0.461. The van der Waals surface area contributed by atoms with Gasteiger partial charge in [0, 0.05) is 25.1 Å². The number of likely N-dealkylation sites (tertiary alicyclic amines) is 1. The van der Waals surface area contributed by atoms with Crippen molar-refractivity contribution in [1.29, 1.82) is 0 Å². The number of hydrogen-bond acceptors (Lipinski definition) is 5. The maximum atomic E-state index is 13.8. The van der Waals surface area contributed by atoms with E-state index in [0.29, 0.717) is 12.6 Å². The SMILES string of the molecule is CCC1(C2(C)C(=O)N(Cc3nccs3)C(=S)CC2C)CCC(OC)CC1. The van der Waals surface area contributed by atoms with Gasteiger partial charge in [0.2, 0.25) is 5.91 Å². The number of thiazole rings is 1. The van der Waals surface area contributed by atoms with E-state index < -0.39 is 0 Å². The quantitative estimate of drug-likeness (QED) is 0.671. The van der Waals surface area contributed by atoms with Crippen molar-refractivity contribution in [3.8, 4) is 0 Å². The third-order valence-electron chi connectivity index (χ3n) is 7.24. The van der Waals surface area contributed by atoms with Crippen molar-refractivity contribution in [3.05, 3.63) is 16.6 Å². The Morgan fingerprint density at radius 3 is 2.65 bits per heavy atom. The molecule has 1 saturated carbocycles. The normalized spacial score (nSPS) is 35.8. The average molecular weight is 395 g/mol. The van der Waals surface area contributed by atoms with Crippen LogP contribution in [0.15, 0.2) is 11.6 Å². The highest BCUT2D eigenvalue weighted by atomic mass is 32.1. The monoisotopic (exact) mass is 394 g/mol. The molecule has 4 nitrogen and oxygen atoms in total. The van der Waals surface area contributed by atoms with Crippen LogP contribution in [0.3, 0.4) is 0 Å². The lowest BCUT2D eigenvalue weighted by molar-refractivity contribution is -0.160. The minimum atomic E-state index is -0.389. The lowest BCUT2D eigenvalue weighted by atomic mass is 9.50. The summed E-state index contributed by atoms with van der Waals surface area (Å²) in [4.78, 5) is 20.8. The highest BCUT2D eigenvalue weighted by Gasteiger charge is 2.59. The molecule has 2 atom stereocenters. The zero-order valence-corrected chi connectivity index (χ0v) is 17.9. The number of thiocarbonyl (C=S) groups is 1. The summed E-state index contributed by atoms with van der Waals surface area (Å²) >= 11 is 7.21. The molecule has 6 heteroatoms. The standard InChI is InChI=1S/C20H30N2O2S2/c1-5-20(8-6-15(24-4)7-9-20)19(3)14(2)12-17(25)22(18(19)23)13-16-21-10-11-26-16/h10-11,14-15H,5-9,12-13H2,1-4H3. The first-order valence-corrected chi connectivity index (χ1v) is 10.9. The third kappa shape index (κ3) is 3.14. The fraction of sp³-hybridized carbons (Fsp3) is 0.750. The summed E-state index contributed by atoms with van der Waals surface area (Å²) in [6.45, 7) is 7.17. The van der Waals surface area contributed by atoms with Crippen LogP contribution in [0.5, 0.6) is 0 Å². The van der Waals surface area contributed by atoms with Crippen LogP contribution in [0, 0.1) is 16.7 Å². The van der Waals surface area contributed by atoms with Gasteiger partial charge in [-0.25, -0.2) is 4.98 Å². The van der Waals surface area contributed by atoms with E-state index in [1.807, 2.05) is 10.3 Å². The number of amides is 1. The molecule has 2 unspecified atom stereocenters. The maximum absolute atomic E-state index is 13.8. The molecule has 0 aromatic carbocycles. The van der Waals surface area contributed by atoms with Crippen LogP contribution in [0.4, 0.5) is 0 Å². The van der Waals surface area contributed by atoms with E-state index in [0.717, 1.165) is 48.5 Å². The van der Waals surface area contributed by atoms with Gasteiger partial charge >= 0.3 is 0 Å². The number of ether oxygens (including phenoxy) is 1. The number of methoxy groups -OCH3 is 1. The molecule has 1 aromatic heterocycles. The minimum absolute atomic E-state index is 0.0235. The van der Waals surface area contributed by atoms with Crippen LogP contribution in [0.1, 0.15) is 64.3 Å². The van der Waals surface area contributed by atoms with Gasteiger partial charge in [0.15, 0.2) is 0 Å². The van der Waals surface area contributed by atoms with Crippen molar-refractivity contribution in [2.75, 3.05) is 7.11 Å². The Morgan fingerprint density at radius 1 is 1.42 bits per heavy atom. The summed E-state index contributed by atoms with van der Waals surface area (Å²) in [5.41, 5.74) is -0.365. The molecular formula is C20H30N2O2S2. The molecule has 1 aliphatic heterocycles. The molecule has 2 aliphatic rings. The first kappa shape index (κ1) is 19.9. The van der Waals surface area contributed by atoms with E-state index in [1.54, 1.807) is 24.6 Å². The smallest absolute Gasteiger partial charge is 0.234 e. The Bertz CT molecular complexity index is 653. The van der Waals surface area contributed by atoms with E-state index in [4.69, 9.17) is 17.0 Å². The fourth-order valence-electron chi connectivity index (χ4n) is 5.18. The van der Waals surface area contributed by atoms with Crippen molar-refractivity contribution in [2.45, 2.75) is 71.9 Å². The van der Waals surface area contributed by atoms with Gasteiger partial charge in [0.25, 0.3) is 0 Å². The van der Waals surface area contributed by atoms with Crippen LogP contribution in [0.2, 0.25) is 0 Å². The second kappa shape index (κ2) is 7.64. The van der Waals surface area contributed by atoms with Crippen LogP contribution in [-0.2, 0) is 16.1 Å². The lowest BCUT2D eigenvalue weighted by Crippen LogP contribution is -2.61. The van der Waals surface area contributed by atoms with Gasteiger partial charge in [0.05, 0.1) is 23.1 Å². The largest absolute Gasteiger partial charge is 0.381 e. The average Bonchev–Trinajstić information content (AvgIpc) is 3.16. The molecule has 1 aliphatic carbocycles. The summed E-state index contributed by atoms with van der Waals surface area (Å²) in [5, 5.41) is 2.90. The topological polar surface area (TPSA) is 42.4 Å².